The van der Waals surface area contributed by atoms with Gasteiger partial charge in [0.1, 0.15) is 5.75 Å². The van der Waals surface area contributed by atoms with Crippen LogP contribution in [0.5, 0.6) is 5.75 Å². The SMILES string of the molecule is Cc1ccc(OC(F)F)c(CNCCO)c1. The number of hydrogen-bond donors (Lipinski definition) is 2. The highest BCUT2D eigenvalue weighted by Gasteiger charge is 2.09. The van der Waals surface area contributed by atoms with Gasteiger partial charge in [-0.15, -0.1) is 0 Å². The van der Waals surface area contributed by atoms with Crippen molar-refractivity contribution in [2.75, 3.05) is 13.2 Å². The number of nitrogens with one attached hydrogen (secondary N) is 1. The molecule has 0 aromatic heterocycles. The summed E-state index contributed by atoms with van der Waals surface area (Å²) in [7, 11) is 0. The van der Waals surface area contributed by atoms with E-state index >= 15 is 0 Å². The summed E-state index contributed by atoms with van der Waals surface area (Å²) in [6.07, 6.45) is 0. The van der Waals surface area contributed by atoms with Crippen molar-refractivity contribution in [3.05, 3.63) is 29.3 Å². The van der Waals surface area contributed by atoms with Crippen molar-refractivity contribution in [1.29, 1.82) is 0 Å². The molecule has 3 nitrogen and oxygen atoms in total. The van der Waals surface area contributed by atoms with Gasteiger partial charge in [-0.05, 0) is 13.0 Å². The Hall–Kier alpha value is -1.20. The van der Waals surface area contributed by atoms with Crippen molar-refractivity contribution in [2.45, 2.75) is 20.1 Å². The molecule has 0 unspecified atom stereocenters. The summed E-state index contributed by atoms with van der Waals surface area (Å²) in [5, 5.41) is 11.5. The van der Waals surface area contributed by atoms with Gasteiger partial charge in [-0.3, -0.25) is 0 Å². The summed E-state index contributed by atoms with van der Waals surface area (Å²) in [4.78, 5) is 0. The summed E-state index contributed by atoms with van der Waals surface area (Å²) in [5.41, 5.74) is 1.64. The minimum atomic E-state index is -2.82. The molecule has 0 bridgehead atoms. The topological polar surface area (TPSA) is 41.5 Å². The van der Waals surface area contributed by atoms with Gasteiger partial charge in [-0.2, -0.15) is 8.78 Å². The summed E-state index contributed by atoms with van der Waals surface area (Å²) < 4.78 is 28.6. The quantitative estimate of drug-likeness (QED) is 0.732. The molecule has 0 aliphatic rings. The molecule has 0 saturated carbocycles. The fraction of sp³-hybridized carbons (Fsp3) is 0.455. The molecule has 1 rings (SSSR count). The van der Waals surface area contributed by atoms with Crippen LogP contribution in [-0.2, 0) is 6.54 Å². The van der Waals surface area contributed by atoms with Crippen LogP contribution >= 0.6 is 0 Å². The fourth-order valence-corrected chi connectivity index (χ4v) is 1.36. The average molecular weight is 231 g/mol. The van der Waals surface area contributed by atoms with E-state index in [2.05, 4.69) is 10.1 Å². The lowest BCUT2D eigenvalue weighted by molar-refractivity contribution is -0.0505. The van der Waals surface area contributed by atoms with Crippen LogP contribution in [0.1, 0.15) is 11.1 Å². The lowest BCUT2D eigenvalue weighted by atomic mass is 10.1. The van der Waals surface area contributed by atoms with Gasteiger partial charge < -0.3 is 15.2 Å². The summed E-state index contributed by atoms with van der Waals surface area (Å²) in [6, 6.07) is 5.02. The lowest BCUT2D eigenvalue weighted by Gasteiger charge is -2.12. The molecular weight excluding hydrogens is 216 g/mol. The van der Waals surface area contributed by atoms with E-state index in [0.29, 0.717) is 18.7 Å². The lowest BCUT2D eigenvalue weighted by Crippen LogP contribution is -2.18. The molecule has 0 saturated heterocycles. The predicted octanol–water partition coefficient (Wildman–Crippen LogP) is 1.68. The van der Waals surface area contributed by atoms with Crippen molar-refractivity contribution in [3.63, 3.8) is 0 Å². The molecule has 0 radical (unpaired) electrons. The smallest absolute Gasteiger partial charge is 0.387 e. The molecule has 1 aromatic rings. The van der Waals surface area contributed by atoms with Crippen molar-refractivity contribution < 1.29 is 18.6 Å². The molecule has 0 aliphatic heterocycles. The van der Waals surface area contributed by atoms with Crippen molar-refractivity contribution in [2.24, 2.45) is 0 Å². The Morgan fingerprint density at radius 2 is 2.19 bits per heavy atom. The van der Waals surface area contributed by atoms with E-state index in [-0.39, 0.29) is 12.4 Å². The predicted molar refractivity (Wildman–Crippen MR) is 56.6 cm³/mol. The number of aryl methyl sites for hydroxylation is 1. The van der Waals surface area contributed by atoms with Crippen molar-refractivity contribution in [3.8, 4) is 5.75 Å². The second-order valence-corrected chi connectivity index (χ2v) is 3.39. The first-order chi connectivity index (χ1) is 7.63. The Kier molecular flexibility index (Phi) is 5.14. The van der Waals surface area contributed by atoms with E-state index in [1.54, 1.807) is 12.1 Å². The van der Waals surface area contributed by atoms with Gasteiger partial charge >= 0.3 is 6.61 Å². The van der Waals surface area contributed by atoms with Crippen LogP contribution in [0, 0.1) is 6.92 Å². The molecular formula is C11H15F2NO2. The summed E-state index contributed by atoms with van der Waals surface area (Å²) in [6.45, 7) is -0.121. The molecule has 16 heavy (non-hydrogen) atoms. The fourth-order valence-electron chi connectivity index (χ4n) is 1.36. The minimum absolute atomic E-state index is 0.0108. The largest absolute Gasteiger partial charge is 0.434 e. The molecule has 5 heteroatoms. The monoisotopic (exact) mass is 231 g/mol. The van der Waals surface area contributed by atoms with E-state index in [4.69, 9.17) is 5.11 Å². The number of aliphatic hydroxyl groups is 1. The van der Waals surface area contributed by atoms with Gasteiger partial charge in [-0.25, -0.2) is 0 Å². The molecule has 90 valence electrons. The normalized spacial score (nSPS) is 10.8. The average Bonchev–Trinajstić information content (AvgIpc) is 2.22. The minimum Gasteiger partial charge on any atom is -0.434 e. The third-order valence-corrected chi connectivity index (χ3v) is 2.04. The Labute approximate surface area is 93.0 Å². The van der Waals surface area contributed by atoms with Crippen LogP contribution in [0.15, 0.2) is 18.2 Å². The van der Waals surface area contributed by atoms with Gasteiger partial charge in [0.05, 0.1) is 6.61 Å². The molecule has 2 N–H and O–H groups in total. The van der Waals surface area contributed by atoms with Gasteiger partial charge in [0.25, 0.3) is 0 Å². The highest BCUT2D eigenvalue weighted by Crippen LogP contribution is 2.21. The first-order valence-corrected chi connectivity index (χ1v) is 4.99. The number of alkyl halides is 2. The van der Waals surface area contributed by atoms with E-state index < -0.39 is 6.61 Å². The third-order valence-electron chi connectivity index (χ3n) is 2.04. The highest BCUT2D eigenvalue weighted by atomic mass is 19.3. The first-order valence-electron chi connectivity index (χ1n) is 4.99. The zero-order valence-corrected chi connectivity index (χ0v) is 9.04. The highest BCUT2D eigenvalue weighted by molar-refractivity contribution is 5.36. The van der Waals surface area contributed by atoms with Gasteiger partial charge in [0.15, 0.2) is 0 Å². The Bertz CT molecular complexity index is 332. The zero-order chi connectivity index (χ0) is 12.0. The Morgan fingerprint density at radius 1 is 1.44 bits per heavy atom. The number of aliphatic hydroxyl groups excluding tert-OH is 1. The summed E-state index contributed by atoms with van der Waals surface area (Å²) >= 11 is 0. The molecule has 0 fully saturated rings. The molecule has 1 aromatic carbocycles. The number of benzene rings is 1. The van der Waals surface area contributed by atoms with Gasteiger partial charge in [0.2, 0.25) is 0 Å². The van der Waals surface area contributed by atoms with Crippen LogP contribution in [0.2, 0.25) is 0 Å². The van der Waals surface area contributed by atoms with Crippen molar-refractivity contribution >= 4 is 0 Å². The van der Waals surface area contributed by atoms with Crippen molar-refractivity contribution in [1.82, 2.24) is 5.32 Å². The molecule has 0 aliphatic carbocycles. The molecule has 0 amide bonds. The van der Waals surface area contributed by atoms with E-state index in [0.717, 1.165) is 5.56 Å². The first kappa shape index (κ1) is 12.9. The van der Waals surface area contributed by atoms with Crippen LogP contribution in [0.3, 0.4) is 0 Å². The van der Waals surface area contributed by atoms with Gasteiger partial charge in [0, 0.05) is 18.7 Å². The molecule has 0 heterocycles. The van der Waals surface area contributed by atoms with Crippen LogP contribution in [0.25, 0.3) is 0 Å². The number of halogens is 2. The maximum Gasteiger partial charge on any atom is 0.387 e. The van der Waals surface area contributed by atoms with Crippen LogP contribution in [-0.4, -0.2) is 24.9 Å². The van der Waals surface area contributed by atoms with E-state index in [1.807, 2.05) is 6.92 Å². The van der Waals surface area contributed by atoms with E-state index in [1.165, 1.54) is 6.07 Å². The standard InChI is InChI=1S/C11H15F2NO2/c1-8-2-3-10(16-11(12)13)9(6-8)7-14-4-5-15/h2-3,6,11,14-15H,4-5,7H2,1H3. The second kappa shape index (κ2) is 6.40. The maximum atomic E-state index is 12.1. The summed E-state index contributed by atoms with van der Waals surface area (Å²) in [5.74, 6) is 0.172. The van der Waals surface area contributed by atoms with Gasteiger partial charge in [-0.1, -0.05) is 17.7 Å². The maximum absolute atomic E-state index is 12.1. The zero-order valence-electron chi connectivity index (χ0n) is 9.04. The molecule has 0 atom stereocenters. The van der Waals surface area contributed by atoms with E-state index in [9.17, 15) is 8.78 Å². The number of ether oxygens (including phenoxy) is 1. The van der Waals surface area contributed by atoms with Crippen LogP contribution < -0.4 is 10.1 Å². The third kappa shape index (κ3) is 4.12. The molecule has 0 spiro atoms. The second-order valence-electron chi connectivity index (χ2n) is 3.39. The Morgan fingerprint density at radius 3 is 2.81 bits per heavy atom. The Balaban J connectivity index is 2.73. The number of hydrogen-bond acceptors (Lipinski definition) is 3. The number of rotatable bonds is 6. The van der Waals surface area contributed by atoms with Crippen LogP contribution in [0.4, 0.5) is 8.78 Å².